The van der Waals surface area contributed by atoms with Gasteiger partial charge in [0.15, 0.2) is 0 Å². The third kappa shape index (κ3) is 4.19. The lowest BCUT2D eigenvalue weighted by Gasteiger charge is -2.39. The van der Waals surface area contributed by atoms with Crippen molar-refractivity contribution in [2.75, 3.05) is 15.5 Å². The number of carbonyl (C=O) groups is 2. The molecule has 0 spiro atoms. The topological polar surface area (TPSA) is 107 Å². The Bertz CT molecular complexity index is 1040. The van der Waals surface area contributed by atoms with Crippen LogP contribution in [0.15, 0.2) is 29.1 Å². The van der Waals surface area contributed by atoms with Gasteiger partial charge in [0.1, 0.15) is 5.82 Å². The molecule has 0 saturated carbocycles. The summed E-state index contributed by atoms with van der Waals surface area (Å²) in [6.45, 7) is 6.27. The average Bonchev–Trinajstić information content (AvgIpc) is 2.73. The second-order valence-electron chi connectivity index (χ2n) is 8.53. The predicted molar refractivity (Wildman–Crippen MR) is 121 cm³/mol. The second kappa shape index (κ2) is 8.53. The van der Waals surface area contributed by atoms with E-state index in [2.05, 4.69) is 46.3 Å². The fourth-order valence-electron chi connectivity index (χ4n) is 4.60. The number of aryl methyl sites for hydroxylation is 1. The molecule has 3 heterocycles. The van der Waals surface area contributed by atoms with Crippen LogP contribution in [0.3, 0.4) is 0 Å². The van der Waals surface area contributed by atoms with Gasteiger partial charge in [-0.2, -0.15) is 4.98 Å². The van der Waals surface area contributed by atoms with E-state index in [1.54, 1.807) is 0 Å². The number of aromatic nitrogens is 2. The number of piperidine rings is 1. The van der Waals surface area contributed by atoms with Crippen LogP contribution < -0.4 is 21.1 Å². The average molecular weight is 424 g/mol. The molecule has 2 amide bonds. The number of carbonyl (C=O) groups excluding carboxylic acids is 2. The molecule has 1 aromatic heterocycles. The number of hydrogen-bond acceptors (Lipinski definition) is 5. The van der Waals surface area contributed by atoms with Crippen molar-refractivity contribution in [1.29, 1.82) is 0 Å². The zero-order valence-corrected chi connectivity index (χ0v) is 18.2. The zero-order valence-electron chi connectivity index (χ0n) is 18.2. The Hall–Kier alpha value is -3.16. The van der Waals surface area contributed by atoms with Crippen LogP contribution in [0.4, 0.5) is 17.5 Å². The van der Waals surface area contributed by atoms with Crippen molar-refractivity contribution in [3.63, 3.8) is 0 Å². The van der Waals surface area contributed by atoms with Crippen LogP contribution in [0.2, 0.25) is 0 Å². The molecule has 0 unspecified atom stereocenters. The standard InChI is InChI=1S/C23H29N5O3/c1-4-15-8-10-16(11-9-15)24-21(30)17-12-18(29)25-20-19(17)22(31)27-23(26-20)28-13(2)6-5-7-14(28)3/h8-11,13-14,17H,4-7,12H2,1-3H3,(H,24,30)(H2,25,26,27,29,31)/t13-,14+,17-/m1/s1. The van der Waals surface area contributed by atoms with E-state index in [0.717, 1.165) is 31.2 Å². The second-order valence-corrected chi connectivity index (χ2v) is 8.53. The van der Waals surface area contributed by atoms with Crippen LogP contribution in [0.1, 0.15) is 63.5 Å². The zero-order chi connectivity index (χ0) is 22.1. The highest BCUT2D eigenvalue weighted by Gasteiger charge is 2.36. The molecule has 164 valence electrons. The van der Waals surface area contributed by atoms with Gasteiger partial charge >= 0.3 is 0 Å². The van der Waals surface area contributed by atoms with Crippen molar-refractivity contribution in [3.05, 3.63) is 45.7 Å². The van der Waals surface area contributed by atoms with Crippen molar-refractivity contribution in [1.82, 2.24) is 9.97 Å². The number of anilines is 3. The first kappa shape index (κ1) is 21.1. The molecule has 8 nitrogen and oxygen atoms in total. The molecule has 1 aromatic carbocycles. The minimum absolute atomic E-state index is 0.0908. The maximum atomic E-state index is 13.0. The first-order valence-electron chi connectivity index (χ1n) is 11.0. The van der Waals surface area contributed by atoms with Gasteiger partial charge in [-0.25, -0.2) is 0 Å². The summed E-state index contributed by atoms with van der Waals surface area (Å²) in [7, 11) is 0. The Morgan fingerprint density at radius 3 is 2.48 bits per heavy atom. The van der Waals surface area contributed by atoms with E-state index in [1.165, 1.54) is 0 Å². The monoisotopic (exact) mass is 423 g/mol. The van der Waals surface area contributed by atoms with Crippen molar-refractivity contribution in [2.24, 2.45) is 0 Å². The van der Waals surface area contributed by atoms with E-state index < -0.39 is 5.92 Å². The molecule has 4 rings (SSSR count). The van der Waals surface area contributed by atoms with Crippen LogP contribution in [-0.2, 0) is 16.0 Å². The Labute approximate surface area is 181 Å². The lowest BCUT2D eigenvalue weighted by atomic mass is 9.92. The summed E-state index contributed by atoms with van der Waals surface area (Å²) in [5.74, 6) is -0.976. The van der Waals surface area contributed by atoms with E-state index in [4.69, 9.17) is 0 Å². The molecular weight excluding hydrogens is 394 g/mol. The summed E-state index contributed by atoms with van der Waals surface area (Å²) in [5.41, 5.74) is 1.62. The number of rotatable bonds is 4. The minimum atomic E-state index is -0.892. The highest BCUT2D eigenvalue weighted by molar-refractivity contribution is 6.04. The molecule has 0 bridgehead atoms. The van der Waals surface area contributed by atoms with Crippen LogP contribution in [-0.4, -0.2) is 33.9 Å². The number of amides is 2. The van der Waals surface area contributed by atoms with Gasteiger partial charge in [0, 0.05) is 24.2 Å². The fraction of sp³-hybridized carbons (Fsp3) is 0.478. The van der Waals surface area contributed by atoms with Gasteiger partial charge in [-0.15, -0.1) is 0 Å². The molecule has 0 aliphatic carbocycles. The summed E-state index contributed by atoms with van der Waals surface area (Å²) < 4.78 is 0. The first-order valence-corrected chi connectivity index (χ1v) is 11.0. The molecule has 2 aliphatic heterocycles. The highest BCUT2D eigenvalue weighted by atomic mass is 16.2. The third-order valence-corrected chi connectivity index (χ3v) is 6.32. The summed E-state index contributed by atoms with van der Waals surface area (Å²) in [5, 5.41) is 5.53. The van der Waals surface area contributed by atoms with Crippen LogP contribution in [0, 0.1) is 0 Å². The highest BCUT2D eigenvalue weighted by Crippen LogP contribution is 2.32. The number of fused-ring (bicyclic) bond motifs is 1. The van der Waals surface area contributed by atoms with E-state index >= 15 is 0 Å². The molecule has 1 saturated heterocycles. The van der Waals surface area contributed by atoms with Gasteiger partial charge in [-0.1, -0.05) is 19.1 Å². The Kier molecular flexibility index (Phi) is 5.80. The van der Waals surface area contributed by atoms with Crippen LogP contribution in [0.5, 0.6) is 0 Å². The summed E-state index contributed by atoms with van der Waals surface area (Å²) in [6.07, 6.45) is 3.97. The van der Waals surface area contributed by atoms with Crippen LogP contribution in [0.25, 0.3) is 0 Å². The smallest absolute Gasteiger partial charge is 0.258 e. The quantitative estimate of drug-likeness (QED) is 0.700. The lowest BCUT2D eigenvalue weighted by Crippen LogP contribution is -2.46. The molecule has 0 radical (unpaired) electrons. The van der Waals surface area contributed by atoms with E-state index in [0.29, 0.717) is 11.6 Å². The van der Waals surface area contributed by atoms with E-state index in [1.807, 2.05) is 24.3 Å². The number of aromatic amines is 1. The maximum absolute atomic E-state index is 13.0. The van der Waals surface area contributed by atoms with Gasteiger partial charge in [-0.3, -0.25) is 19.4 Å². The SMILES string of the molecule is CCc1ccc(NC(=O)[C@@H]2CC(=O)Nc3nc(N4[C@H](C)CCC[C@@H]4C)[nH]c(=O)c32)cc1. The predicted octanol–water partition coefficient (Wildman–Crippen LogP) is 3.16. The molecule has 1 fully saturated rings. The molecular formula is C23H29N5O3. The maximum Gasteiger partial charge on any atom is 0.258 e. The van der Waals surface area contributed by atoms with Gasteiger partial charge in [0.25, 0.3) is 5.56 Å². The molecule has 3 N–H and O–H groups in total. The number of benzene rings is 1. The molecule has 8 heteroatoms. The number of H-pyrrole nitrogens is 1. The van der Waals surface area contributed by atoms with Gasteiger partial charge in [-0.05, 0) is 57.2 Å². The van der Waals surface area contributed by atoms with Crippen molar-refractivity contribution in [2.45, 2.75) is 70.9 Å². The molecule has 3 atom stereocenters. The van der Waals surface area contributed by atoms with Gasteiger partial charge < -0.3 is 15.5 Å². The fourth-order valence-corrected chi connectivity index (χ4v) is 4.60. The summed E-state index contributed by atoms with van der Waals surface area (Å²) in [4.78, 5) is 47.9. The lowest BCUT2D eigenvalue weighted by molar-refractivity contribution is -0.123. The Morgan fingerprint density at radius 2 is 1.84 bits per heavy atom. The van der Waals surface area contributed by atoms with E-state index in [9.17, 15) is 14.4 Å². The number of hydrogen-bond donors (Lipinski definition) is 3. The van der Waals surface area contributed by atoms with Crippen molar-refractivity contribution < 1.29 is 9.59 Å². The van der Waals surface area contributed by atoms with Gasteiger partial charge in [0.05, 0.1) is 11.5 Å². The van der Waals surface area contributed by atoms with Crippen molar-refractivity contribution >= 4 is 29.3 Å². The van der Waals surface area contributed by atoms with Crippen LogP contribution >= 0.6 is 0 Å². The normalized spacial score (nSPS) is 23.1. The molecule has 31 heavy (non-hydrogen) atoms. The Morgan fingerprint density at radius 1 is 1.16 bits per heavy atom. The number of nitrogens with zero attached hydrogens (tertiary/aromatic N) is 2. The largest absolute Gasteiger partial charge is 0.337 e. The summed E-state index contributed by atoms with van der Waals surface area (Å²) in [6, 6.07) is 8.00. The molecule has 2 aliphatic rings. The minimum Gasteiger partial charge on any atom is -0.337 e. The molecule has 2 aromatic rings. The van der Waals surface area contributed by atoms with Gasteiger partial charge in [0.2, 0.25) is 17.8 Å². The number of nitrogens with one attached hydrogen (secondary N) is 3. The van der Waals surface area contributed by atoms with E-state index in [-0.39, 0.29) is 47.3 Å². The summed E-state index contributed by atoms with van der Waals surface area (Å²) >= 11 is 0. The first-order chi connectivity index (χ1) is 14.9. The Balaban J connectivity index is 1.65. The van der Waals surface area contributed by atoms with Crippen molar-refractivity contribution in [3.8, 4) is 0 Å². The third-order valence-electron chi connectivity index (χ3n) is 6.32.